The van der Waals surface area contributed by atoms with Crippen molar-refractivity contribution in [2.45, 2.75) is 33.3 Å². The average Bonchev–Trinajstić information content (AvgIpc) is 3.35. The number of fused-ring (bicyclic) bond motifs is 1. The Morgan fingerprint density at radius 1 is 0.974 bits per heavy atom. The molecule has 39 heavy (non-hydrogen) atoms. The minimum absolute atomic E-state index is 0.0981. The van der Waals surface area contributed by atoms with Gasteiger partial charge in [-0.05, 0) is 59.8 Å². The van der Waals surface area contributed by atoms with Crippen LogP contribution in [0.1, 0.15) is 48.5 Å². The van der Waals surface area contributed by atoms with Gasteiger partial charge in [0.1, 0.15) is 23.8 Å². The van der Waals surface area contributed by atoms with Crippen molar-refractivity contribution in [3.05, 3.63) is 100.0 Å². The number of benzene rings is 3. The first-order valence-electron chi connectivity index (χ1n) is 12.6. The fraction of sp³-hybridized carbons (Fsp3) is 0.194. The van der Waals surface area contributed by atoms with Gasteiger partial charge in [-0.25, -0.2) is 9.78 Å². The summed E-state index contributed by atoms with van der Waals surface area (Å²) in [5.41, 5.74) is 4.35. The van der Waals surface area contributed by atoms with Crippen LogP contribution in [-0.4, -0.2) is 22.7 Å². The molecule has 0 radical (unpaired) electrons. The third kappa shape index (κ3) is 5.49. The standard InChI is InChI=1S/C31H26Cl2N2O4/c1-4-37-31(36)29-23-13-10-20(16-21(23)14-15-34-29)19-8-11-22(12-9-19)38-17-24-28(35-39-30(24)18(2)3)27-25(32)6-5-7-26(27)33/h5-16,18H,4,17H2,1-3H3. The van der Waals surface area contributed by atoms with Crippen LogP contribution in [-0.2, 0) is 11.3 Å². The molecule has 5 aromatic rings. The van der Waals surface area contributed by atoms with Crippen LogP contribution in [0.15, 0.2) is 77.4 Å². The number of rotatable bonds is 8. The van der Waals surface area contributed by atoms with E-state index in [0.717, 1.165) is 33.2 Å². The molecule has 0 atom stereocenters. The summed E-state index contributed by atoms with van der Waals surface area (Å²) in [7, 11) is 0. The van der Waals surface area contributed by atoms with Gasteiger partial charge < -0.3 is 14.0 Å². The van der Waals surface area contributed by atoms with Crippen LogP contribution in [0.5, 0.6) is 5.75 Å². The number of hydrogen-bond donors (Lipinski definition) is 0. The van der Waals surface area contributed by atoms with Gasteiger partial charge in [0.05, 0.1) is 22.2 Å². The van der Waals surface area contributed by atoms with Crippen LogP contribution in [0.3, 0.4) is 0 Å². The SMILES string of the molecule is CCOC(=O)c1nccc2cc(-c3ccc(OCc4c(-c5c(Cl)cccc5Cl)noc4C(C)C)cc3)ccc12. The summed E-state index contributed by atoms with van der Waals surface area (Å²) in [4.78, 5) is 16.5. The normalized spacial score (nSPS) is 11.2. The van der Waals surface area contributed by atoms with Crippen molar-refractivity contribution in [2.24, 2.45) is 0 Å². The molecular formula is C31H26Cl2N2O4. The van der Waals surface area contributed by atoms with Gasteiger partial charge in [-0.3, -0.25) is 0 Å². The minimum atomic E-state index is -0.425. The number of carbonyl (C=O) groups excluding carboxylic acids is 1. The lowest BCUT2D eigenvalue weighted by atomic mass is 10.0. The van der Waals surface area contributed by atoms with E-state index in [4.69, 9.17) is 37.2 Å². The van der Waals surface area contributed by atoms with E-state index in [1.54, 1.807) is 31.3 Å². The molecule has 0 spiro atoms. The fourth-order valence-electron chi connectivity index (χ4n) is 4.45. The number of aromatic nitrogens is 2. The number of ether oxygens (including phenoxy) is 2. The zero-order valence-electron chi connectivity index (χ0n) is 21.7. The van der Waals surface area contributed by atoms with Gasteiger partial charge in [0.15, 0.2) is 5.69 Å². The molecule has 0 saturated heterocycles. The minimum Gasteiger partial charge on any atom is -0.489 e. The van der Waals surface area contributed by atoms with E-state index >= 15 is 0 Å². The predicted molar refractivity (Wildman–Crippen MR) is 154 cm³/mol. The number of pyridine rings is 1. The van der Waals surface area contributed by atoms with E-state index in [1.807, 2.05) is 62.4 Å². The highest BCUT2D eigenvalue weighted by molar-refractivity contribution is 6.39. The number of esters is 1. The van der Waals surface area contributed by atoms with Gasteiger partial charge in [0.25, 0.3) is 0 Å². The third-order valence-electron chi connectivity index (χ3n) is 6.35. The molecular weight excluding hydrogens is 535 g/mol. The molecule has 8 heteroatoms. The lowest BCUT2D eigenvalue weighted by molar-refractivity contribution is 0.0522. The summed E-state index contributed by atoms with van der Waals surface area (Å²) in [6, 6.07) is 20.9. The smallest absolute Gasteiger partial charge is 0.357 e. The third-order valence-corrected chi connectivity index (χ3v) is 6.98. The van der Waals surface area contributed by atoms with E-state index in [1.165, 1.54) is 0 Å². The van der Waals surface area contributed by atoms with Crippen LogP contribution in [0.4, 0.5) is 0 Å². The van der Waals surface area contributed by atoms with Crippen LogP contribution in [0, 0.1) is 0 Å². The molecule has 0 amide bonds. The second-order valence-electron chi connectivity index (χ2n) is 9.25. The maximum absolute atomic E-state index is 12.3. The van der Waals surface area contributed by atoms with Crippen molar-refractivity contribution in [3.8, 4) is 28.1 Å². The van der Waals surface area contributed by atoms with Crippen molar-refractivity contribution in [1.82, 2.24) is 10.1 Å². The number of carbonyl (C=O) groups is 1. The maximum atomic E-state index is 12.3. The van der Waals surface area contributed by atoms with Gasteiger partial charge in [0.2, 0.25) is 0 Å². The van der Waals surface area contributed by atoms with Crippen molar-refractivity contribution in [3.63, 3.8) is 0 Å². The van der Waals surface area contributed by atoms with E-state index < -0.39 is 5.97 Å². The molecule has 0 fully saturated rings. The molecule has 198 valence electrons. The largest absolute Gasteiger partial charge is 0.489 e. The first-order valence-corrected chi connectivity index (χ1v) is 13.3. The quantitative estimate of drug-likeness (QED) is 0.176. The molecule has 0 N–H and O–H groups in total. The number of halogens is 2. The Morgan fingerprint density at radius 3 is 2.38 bits per heavy atom. The molecule has 6 nitrogen and oxygen atoms in total. The molecule has 0 saturated carbocycles. The van der Waals surface area contributed by atoms with Crippen molar-refractivity contribution in [1.29, 1.82) is 0 Å². The molecule has 0 aliphatic heterocycles. The van der Waals surface area contributed by atoms with Gasteiger partial charge in [-0.15, -0.1) is 0 Å². The highest BCUT2D eigenvalue weighted by Gasteiger charge is 2.24. The fourth-order valence-corrected chi connectivity index (χ4v) is 5.03. The lowest BCUT2D eigenvalue weighted by Crippen LogP contribution is -2.07. The Hall–Kier alpha value is -3.87. The van der Waals surface area contributed by atoms with Crippen LogP contribution in [0.25, 0.3) is 33.2 Å². The second-order valence-corrected chi connectivity index (χ2v) is 10.1. The van der Waals surface area contributed by atoms with Crippen LogP contribution < -0.4 is 4.74 Å². The Kier molecular flexibility index (Phi) is 7.87. The topological polar surface area (TPSA) is 74.5 Å². The van der Waals surface area contributed by atoms with Gasteiger partial charge in [-0.1, -0.05) is 72.5 Å². The molecule has 3 aromatic carbocycles. The Balaban J connectivity index is 1.38. The monoisotopic (exact) mass is 560 g/mol. The summed E-state index contributed by atoms with van der Waals surface area (Å²) in [5, 5.41) is 6.95. The first-order chi connectivity index (χ1) is 18.9. The Bertz CT molecular complexity index is 1620. The van der Waals surface area contributed by atoms with Crippen molar-refractivity contribution >= 4 is 39.9 Å². The molecule has 0 unspecified atom stereocenters. The summed E-state index contributed by atoms with van der Waals surface area (Å²) in [5.74, 6) is 1.09. The molecule has 0 bridgehead atoms. The highest BCUT2D eigenvalue weighted by atomic mass is 35.5. The zero-order chi connectivity index (χ0) is 27.5. The Morgan fingerprint density at radius 2 is 1.69 bits per heavy atom. The van der Waals surface area contributed by atoms with Crippen molar-refractivity contribution in [2.75, 3.05) is 6.61 Å². The van der Waals surface area contributed by atoms with E-state index in [2.05, 4.69) is 10.1 Å². The Labute approximate surface area is 236 Å². The van der Waals surface area contributed by atoms with E-state index in [9.17, 15) is 4.79 Å². The maximum Gasteiger partial charge on any atom is 0.357 e. The molecule has 2 heterocycles. The lowest BCUT2D eigenvalue weighted by Gasteiger charge is -2.11. The summed E-state index contributed by atoms with van der Waals surface area (Å²) in [6.07, 6.45) is 1.62. The summed E-state index contributed by atoms with van der Waals surface area (Å²) >= 11 is 12.9. The van der Waals surface area contributed by atoms with Gasteiger partial charge in [-0.2, -0.15) is 0 Å². The number of hydrogen-bond acceptors (Lipinski definition) is 6. The summed E-state index contributed by atoms with van der Waals surface area (Å²) < 4.78 is 17.0. The zero-order valence-corrected chi connectivity index (χ0v) is 23.2. The van der Waals surface area contributed by atoms with E-state index in [0.29, 0.717) is 39.4 Å². The second kappa shape index (κ2) is 11.5. The van der Waals surface area contributed by atoms with Crippen LogP contribution >= 0.6 is 23.2 Å². The van der Waals surface area contributed by atoms with Crippen molar-refractivity contribution < 1.29 is 18.8 Å². The molecule has 0 aliphatic carbocycles. The van der Waals surface area contributed by atoms with Gasteiger partial charge in [0, 0.05) is 23.1 Å². The number of nitrogens with zero attached hydrogens (tertiary/aromatic N) is 2. The summed E-state index contributed by atoms with van der Waals surface area (Å²) in [6.45, 7) is 6.39. The molecule has 5 rings (SSSR count). The van der Waals surface area contributed by atoms with Gasteiger partial charge >= 0.3 is 5.97 Å². The highest BCUT2D eigenvalue weighted by Crippen LogP contribution is 2.39. The predicted octanol–water partition coefficient (Wildman–Crippen LogP) is 8.74. The first kappa shape index (κ1) is 26.7. The molecule has 2 aromatic heterocycles. The molecule has 0 aliphatic rings. The average molecular weight is 561 g/mol. The van der Waals surface area contributed by atoms with Crippen LogP contribution in [0.2, 0.25) is 10.0 Å². The van der Waals surface area contributed by atoms with E-state index in [-0.39, 0.29) is 12.5 Å².